The lowest BCUT2D eigenvalue weighted by Gasteiger charge is -2.39. The summed E-state index contributed by atoms with van der Waals surface area (Å²) >= 11 is 18.9. The van der Waals surface area contributed by atoms with Crippen molar-refractivity contribution in [1.29, 1.82) is 0 Å². The molecule has 37 heavy (non-hydrogen) atoms. The number of aliphatic hydroxyl groups excluding tert-OH is 1. The molecule has 9 heteroatoms. The predicted molar refractivity (Wildman–Crippen MR) is 159 cm³/mol. The third kappa shape index (κ3) is 10.7. The van der Waals surface area contributed by atoms with Crippen molar-refractivity contribution in [2.75, 3.05) is 40.4 Å². The molecule has 2 aromatic carbocycles. The molecule has 0 aromatic heterocycles. The number of likely N-dealkylation sites (N-methyl/N-ethyl adjacent to an activating group) is 1. The van der Waals surface area contributed by atoms with Crippen molar-refractivity contribution < 1.29 is 19.4 Å². The fourth-order valence-corrected chi connectivity index (χ4v) is 4.04. The molecular formula is C28H41Cl3N2O4. The standard InChI is InChI=1S/C20H21Cl3N2O3.C3H4O.2C2H6.CH4/c1-24-5-6-25(13(10-24)11-26)20(27)16-8-15(18(23)9-19(16)28-2)14-7-12(21)3-4-17(14)22;1-2-3-4;2*1-2;/h3-4,7-9,13,26H,5-6,10-11H2,1-2H3;2-3H,1H2;2*1-2H3;1H4. The molecule has 208 valence electrons. The van der Waals surface area contributed by atoms with Gasteiger partial charge in [0.25, 0.3) is 5.91 Å². The Morgan fingerprint density at radius 3 is 2.16 bits per heavy atom. The average Bonchev–Trinajstić information content (AvgIpc) is 2.91. The van der Waals surface area contributed by atoms with E-state index in [-0.39, 0.29) is 26.0 Å². The third-order valence-corrected chi connectivity index (χ3v) is 5.87. The van der Waals surface area contributed by atoms with E-state index in [0.717, 1.165) is 6.54 Å². The van der Waals surface area contributed by atoms with Crippen LogP contribution < -0.4 is 4.74 Å². The number of amides is 1. The lowest BCUT2D eigenvalue weighted by atomic mass is 10.0. The van der Waals surface area contributed by atoms with Crippen molar-refractivity contribution in [3.8, 4) is 16.9 Å². The Morgan fingerprint density at radius 2 is 1.65 bits per heavy atom. The first-order valence-electron chi connectivity index (χ1n) is 11.8. The molecule has 0 spiro atoms. The van der Waals surface area contributed by atoms with Crippen molar-refractivity contribution in [3.63, 3.8) is 0 Å². The molecule has 1 amide bonds. The first kappa shape index (κ1) is 37.1. The van der Waals surface area contributed by atoms with Gasteiger partial charge in [-0.25, -0.2) is 0 Å². The Labute approximate surface area is 237 Å². The number of rotatable bonds is 5. The largest absolute Gasteiger partial charge is 0.496 e. The first-order chi connectivity index (χ1) is 17.3. The second kappa shape index (κ2) is 19.9. The molecule has 2 aromatic rings. The molecule has 6 nitrogen and oxygen atoms in total. The van der Waals surface area contributed by atoms with Crippen molar-refractivity contribution in [2.45, 2.75) is 41.2 Å². The Hall–Kier alpha value is -2.09. The van der Waals surface area contributed by atoms with E-state index in [1.807, 2.05) is 34.7 Å². The van der Waals surface area contributed by atoms with Crippen LogP contribution in [-0.2, 0) is 4.79 Å². The highest BCUT2D eigenvalue weighted by molar-refractivity contribution is 6.38. The number of halogens is 3. The number of piperazine rings is 1. The normalized spacial score (nSPS) is 14.2. The summed E-state index contributed by atoms with van der Waals surface area (Å²) in [5.41, 5.74) is 1.59. The third-order valence-electron chi connectivity index (χ3n) is 4.99. The second-order valence-electron chi connectivity index (χ2n) is 7.13. The summed E-state index contributed by atoms with van der Waals surface area (Å²) in [4.78, 5) is 26.1. The number of ether oxygens (including phenoxy) is 1. The van der Waals surface area contributed by atoms with Crippen LogP contribution in [-0.4, -0.2) is 73.5 Å². The van der Waals surface area contributed by atoms with Crippen LogP contribution >= 0.6 is 34.8 Å². The number of nitrogens with zero attached hydrogens (tertiary/aromatic N) is 2. The molecule has 1 saturated heterocycles. The zero-order chi connectivity index (χ0) is 27.8. The Balaban J connectivity index is 0. The number of hydrogen-bond donors (Lipinski definition) is 1. The van der Waals surface area contributed by atoms with E-state index in [9.17, 15) is 9.90 Å². The van der Waals surface area contributed by atoms with E-state index in [2.05, 4.69) is 11.5 Å². The maximum Gasteiger partial charge on any atom is 0.258 e. The molecule has 0 aliphatic carbocycles. The minimum Gasteiger partial charge on any atom is -0.496 e. The maximum atomic E-state index is 13.3. The molecule has 0 saturated carbocycles. The van der Waals surface area contributed by atoms with E-state index >= 15 is 0 Å². The lowest BCUT2D eigenvalue weighted by Crippen LogP contribution is -2.55. The Morgan fingerprint density at radius 1 is 1.08 bits per heavy atom. The van der Waals surface area contributed by atoms with E-state index in [0.29, 0.717) is 56.9 Å². The topological polar surface area (TPSA) is 70.1 Å². The second-order valence-corrected chi connectivity index (χ2v) is 8.38. The summed E-state index contributed by atoms with van der Waals surface area (Å²) in [6.07, 6.45) is 1.83. The summed E-state index contributed by atoms with van der Waals surface area (Å²) in [6, 6.07) is 8.07. The number of aliphatic hydroxyl groups is 1. The van der Waals surface area contributed by atoms with Gasteiger partial charge in [0.05, 0.1) is 30.3 Å². The number of methoxy groups -OCH3 is 1. The van der Waals surface area contributed by atoms with Gasteiger partial charge in [-0.15, -0.1) is 0 Å². The number of allylic oxidation sites excluding steroid dienone is 1. The number of carbonyl (C=O) groups excluding carboxylic acids is 2. The van der Waals surface area contributed by atoms with Crippen LogP contribution in [0.5, 0.6) is 5.75 Å². The molecule has 1 N–H and O–H groups in total. The highest BCUT2D eigenvalue weighted by atomic mass is 35.5. The fourth-order valence-electron chi connectivity index (χ4n) is 3.39. The van der Waals surface area contributed by atoms with Gasteiger partial charge in [0.1, 0.15) is 12.0 Å². The van der Waals surface area contributed by atoms with Crippen molar-refractivity contribution in [2.24, 2.45) is 0 Å². The van der Waals surface area contributed by atoms with Crippen LogP contribution in [0.25, 0.3) is 11.1 Å². The molecule has 1 aliphatic rings. The zero-order valence-electron chi connectivity index (χ0n) is 21.9. The number of benzene rings is 2. The zero-order valence-corrected chi connectivity index (χ0v) is 24.1. The monoisotopic (exact) mass is 574 g/mol. The highest BCUT2D eigenvalue weighted by Crippen LogP contribution is 2.39. The molecule has 0 radical (unpaired) electrons. The number of carbonyl (C=O) groups is 2. The van der Waals surface area contributed by atoms with Crippen molar-refractivity contribution >= 4 is 47.0 Å². The number of aldehydes is 1. The molecule has 1 heterocycles. The smallest absolute Gasteiger partial charge is 0.258 e. The minimum atomic E-state index is -0.287. The van der Waals surface area contributed by atoms with Crippen LogP contribution in [0.2, 0.25) is 15.1 Å². The predicted octanol–water partition coefficient (Wildman–Crippen LogP) is 7.13. The molecule has 1 aliphatic heterocycles. The van der Waals surface area contributed by atoms with Crippen molar-refractivity contribution in [1.82, 2.24) is 9.80 Å². The van der Waals surface area contributed by atoms with Gasteiger partial charge in [-0.1, -0.05) is 76.5 Å². The van der Waals surface area contributed by atoms with Crippen LogP contribution in [0.15, 0.2) is 43.0 Å². The van der Waals surface area contributed by atoms with Gasteiger partial charge in [-0.05, 0) is 37.4 Å². The van der Waals surface area contributed by atoms with Gasteiger partial charge >= 0.3 is 0 Å². The summed E-state index contributed by atoms with van der Waals surface area (Å²) in [5, 5.41) is 11.1. The van der Waals surface area contributed by atoms with E-state index in [1.165, 1.54) is 13.2 Å². The van der Waals surface area contributed by atoms with Crippen LogP contribution in [0.1, 0.15) is 45.5 Å². The highest BCUT2D eigenvalue weighted by Gasteiger charge is 2.31. The van der Waals surface area contributed by atoms with Gasteiger partial charge < -0.3 is 19.6 Å². The summed E-state index contributed by atoms with van der Waals surface area (Å²) in [6.45, 7) is 12.8. The number of hydrogen-bond acceptors (Lipinski definition) is 5. The first-order valence-corrected chi connectivity index (χ1v) is 12.9. The Bertz CT molecular complexity index is 980. The molecule has 3 rings (SSSR count). The van der Waals surface area contributed by atoms with Gasteiger partial charge in [0.15, 0.2) is 0 Å². The van der Waals surface area contributed by atoms with E-state index in [1.54, 1.807) is 35.2 Å². The maximum absolute atomic E-state index is 13.3. The van der Waals surface area contributed by atoms with Gasteiger partial charge in [-0.3, -0.25) is 9.59 Å². The summed E-state index contributed by atoms with van der Waals surface area (Å²) < 4.78 is 5.41. The van der Waals surface area contributed by atoms with Gasteiger partial charge in [0, 0.05) is 46.9 Å². The molecular weight excluding hydrogens is 535 g/mol. The SMILES string of the molecule is C.C=CC=O.CC.CC.COc1cc(Cl)c(-c2cc(Cl)ccc2Cl)cc1C(=O)N1CCN(C)CC1CO. The minimum absolute atomic E-state index is 0. The average molecular weight is 576 g/mol. The van der Waals surface area contributed by atoms with Crippen molar-refractivity contribution in [3.05, 3.63) is 63.6 Å². The fraction of sp³-hybridized carbons (Fsp3) is 0.429. The van der Waals surface area contributed by atoms with Gasteiger partial charge in [0.2, 0.25) is 0 Å². The summed E-state index contributed by atoms with van der Waals surface area (Å²) in [7, 11) is 3.45. The lowest BCUT2D eigenvalue weighted by molar-refractivity contribution is -0.104. The quantitative estimate of drug-likeness (QED) is 0.303. The Kier molecular flexibility index (Phi) is 20.0. The van der Waals surface area contributed by atoms with Crippen LogP contribution in [0.3, 0.4) is 0 Å². The molecule has 1 fully saturated rings. The summed E-state index contributed by atoms with van der Waals surface area (Å²) in [5.74, 6) is 0.146. The van der Waals surface area contributed by atoms with E-state index in [4.69, 9.17) is 44.3 Å². The molecule has 1 unspecified atom stereocenters. The van der Waals surface area contributed by atoms with E-state index < -0.39 is 0 Å². The van der Waals surface area contributed by atoms with Crippen LogP contribution in [0.4, 0.5) is 0 Å². The molecule has 0 bridgehead atoms. The van der Waals surface area contributed by atoms with Crippen LogP contribution in [0, 0.1) is 0 Å². The molecule has 1 atom stereocenters. The van der Waals surface area contributed by atoms with Gasteiger partial charge in [-0.2, -0.15) is 0 Å².